The maximum atomic E-state index is 12.1. The van der Waals surface area contributed by atoms with Crippen molar-refractivity contribution in [2.24, 2.45) is 0 Å². The molecule has 0 saturated carbocycles. The van der Waals surface area contributed by atoms with Gasteiger partial charge in [0.25, 0.3) is 0 Å². The van der Waals surface area contributed by atoms with E-state index in [2.05, 4.69) is 32.7 Å². The summed E-state index contributed by atoms with van der Waals surface area (Å²) in [6.07, 6.45) is 1.82. The monoisotopic (exact) mass is 198 g/mol. The maximum absolute atomic E-state index is 12.1. The molecule has 0 aromatic rings. The van der Waals surface area contributed by atoms with Gasteiger partial charge in [-0.2, -0.15) is 0 Å². The minimum atomic E-state index is -0.320. The number of rotatable bonds is 2. The van der Waals surface area contributed by atoms with Gasteiger partial charge in [-0.15, -0.1) is 0 Å². The summed E-state index contributed by atoms with van der Waals surface area (Å²) in [5.74, 6) is 0.242. The number of carbonyl (C=O) groups is 1. The third-order valence-corrected chi connectivity index (χ3v) is 4.31. The van der Waals surface area contributed by atoms with Gasteiger partial charge in [0.2, 0.25) is 5.91 Å². The standard InChI is InChI=1S/C11H22N2O/c1-7-10(3)9(14)12(5)11(4,8-2)13(10)6/h7-8H2,1-6H3. The van der Waals surface area contributed by atoms with Crippen molar-refractivity contribution in [3.8, 4) is 0 Å². The second-order valence-corrected chi connectivity index (χ2v) is 4.62. The van der Waals surface area contributed by atoms with Gasteiger partial charge in [-0.25, -0.2) is 0 Å². The summed E-state index contributed by atoms with van der Waals surface area (Å²) >= 11 is 0. The molecule has 0 bridgehead atoms. The van der Waals surface area contributed by atoms with Crippen LogP contribution in [0, 0.1) is 0 Å². The van der Waals surface area contributed by atoms with Crippen LogP contribution in [0.3, 0.4) is 0 Å². The van der Waals surface area contributed by atoms with Crippen LogP contribution in [0.1, 0.15) is 40.5 Å². The van der Waals surface area contributed by atoms with Crippen LogP contribution in [-0.4, -0.2) is 41.0 Å². The smallest absolute Gasteiger partial charge is 0.244 e. The molecule has 0 N–H and O–H groups in total. The lowest BCUT2D eigenvalue weighted by atomic mass is 9.96. The Labute approximate surface area is 87.1 Å². The molecule has 14 heavy (non-hydrogen) atoms. The average molecular weight is 198 g/mol. The molecule has 0 radical (unpaired) electrons. The first kappa shape index (κ1) is 11.5. The molecule has 82 valence electrons. The Morgan fingerprint density at radius 3 is 1.86 bits per heavy atom. The fourth-order valence-corrected chi connectivity index (χ4v) is 2.34. The van der Waals surface area contributed by atoms with Crippen LogP contribution in [0.2, 0.25) is 0 Å². The average Bonchev–Trinajstić information content (AvgIpc) is 2.33. The van der Waals surface area contributed by atoms with Gasteiger partial charge in [0.15, 0.2) is 0 Å². The van der Waals surface area contributed by atoms with Crippen molar-refractivity contribution in [1.29, 1.82) is 0 Å². The lowest BCUT2D eigenvalue weighted by Gasteiger charge is -2.39. The summed E-state index contributed by atoms with van der Waals surface area (Å²) in [7, 11) is 3.96. The summed E-state index contributed by atoms with van der Waals surface area (Å²) in [6.45, 7) is 8.36. The fourth-order valence-electron chi connectivity index (χ4n) is 2.34. The molecule has 3 heteroatoms. The second-order valence-electron chi connectivity index (χ2n) is 4.62. The van der Waals surface area contributed by atoms with Gasteiger partial charge in [0.05, 0.1) is 11.2 Å². The van der Waals surface area contributed by atoms with Crippen LogP contribution in [-0.2, 0) is 4.79 Å². The quantitative estimate of drug-likeness (QED) is 0.674. The topological polar surface area (TPSA) is 23.6 Å². The van der Waals surface area contributed by atoms with Gasteiger partial charge in [-0.3, -0.25) is 9.69 Å². The molecule has 1 amide bonds. The van der Waals surface area contributed by atoms with Crippen molar-refractivity contribution in [3.63, 3.8) is 0 Å². The van der Waals surface area contributed by atoms with Crippen molar-refractivity contribution in [3.05, 3.63) is 0 Å². The second kappa shape index (κ2) is 3.23. The number of carbonyl (C=O) groups excluding carboxylic acids is 1. The van der Waals surface area contributed by atoms with E-state index < -0.39 is 0 Å². The van der Waals surface area contributed by atoms with Gasteiger partial charge < -0.3 is 4.90 Å². The summed E-state index contributed by atoms with van der Waals surface area (Å²) < 4.78 is 0. The predicted molar refractivity (Wildman–Crippen MR) is 57.9 cm³/mol. The normalized spacial score (nSPS) is 39.6. The number of amides is 1. The summed E-state index contributed by atoms with van der Waals surface area (Å²) in [5, 5.41) is 0. The minimum absolute atomic E-state index is 0.123. The zero-order valence-electron chi connectivity index (χ0n) is 10.2. The molecule has 3 nitrogen and oxygen atoms in total. The molecule has 0 spiro atoms. The van der Waals surface area contributed by atoms with Gasteiger partial charge in [0, 0.05) is 7.05 Å². The Morgan fingerprint density at radius 1 is 1.14 bits per heavy atom. The molecule has 1 aliphatic rings. The van der Waals surface area contributed by atoms with E-state index in [9.17, 15) is 4.79 Å². The van der Waals surface area contributed by atoms with Gasteiger partial charge in [0.1, 0.15) is 0 Å². The first-order chi connectivity index (χ1) is 6.34. The molecule has 1 rings (SSSR count). The fraction of sp³-hybridized carbons (Fsp3) is 0.909. The number of hydrogen-bond donors (Lipinski definition) is 0. The Balaban J connectivity index is 3.15. The Kier molecular flexibility index (Phi) is 2.65. The lowest BCUT2D eigenvalue weighted by Crippen LogP contribution is -2.51. The number of likely N-dealkylation sites (N-methyl/N-ethyl adjacent to an activating group) is 2. The lowest BCUT2D eigenvalue weighted by molar-refractivity contribution is -0.133. The van der Waals surface area contributed by atoms with Crippen molar-refractivity contribution >= 4 is 5.91 Å². The van der Waals surface area contributed by atoms with Gasteiger partial charge >= 0.3 is 0 Å². The molecule has 2 unspecified atom stereocenters. The summed E-state index contributed by atoms with van der Waals surface area (Å²) in [4.78, 5) is 16.2. The molecule has 1 saturated heterocycles. The van der Waals surface area contributed by atoms with Crippen LogP contribution in [0.15, 0.2) is 0 Å². The molecular formula is C11H22N2O. The van der Waals surface area contributed by atoms with Crippen LogP contribution in [0.5, 0.6) is 0 Å². The zero-order chi connectivity index (χ0) is 11.1. The van der Waals surface area contributed by atoms with E-state index >= 15 is 0 Å². The van der Waals surface area contributed by atoms with Crippen LogP contribution in [0.25, 0.3) is 0 Å². The van der Waals surface area contributed by atoms with Crippen molar-refractivity contribution in [1.82, 2.24) is 9.80 Å². The molecule has 0 aliphatic carbocycles. The molecular weight excluding hydrogens is 176 g/mol. The molecule has 1 fully saturated rings. The van der Waals surface area contributed by atoms with E-state index in [4.69, 9.17) is 0 Å². The molecule has 0 aromatic heterocycles. The molecule has 2 atom stereocenters. The molecule has 0 aromatic carbocycles. The Bertz CT molecular complexity index is 254. The Morgan fingerprint density at radius 2 is 1.64 bits per heavy atom. The van der Waals surface area contributed by atoms with Crippen LogP contribution < -0.4 is 0 Å². The first-order valence-electron chi connectivity index (χ1n) is 5.36. The minimum Gasteiger partial charge on any atom is -0.326 e. The van der Waals surface area contributed by atoms with E-state index in [1.807, 2.05) is 18.9 Å². The summed E-state index contributed by atoms with van der Waals surface area (Å²) in [5.41, 5.74) is -0.443. The highest BCUT2D eigenvalue weighted by atomic mass is 16.2. The van der Waals surface area contributed by atoms with E-state index in [0.717, 1.165) is 12.8 Å². The highest BCUT2D eigenvalue weighted by Gasteiger charge is 2.55. The highest BCUT2D eigenvalue weighted by Crippen LogP contribution is 2.39. The summed E-state index contributed by atoms with van der Waals surface area (Å²) in [6, 6.07) is 0. The van der Waals surface area contributed by atoms with Crippen LogP contribution >= 0.6 is 0 Å². The first-order valence-corrected chi connectivity index (χ1v) is 5.36. The van der Waals surface area contributed by atoms with Gasteiger partial charge in [-0.05, 0) is 33.7 Å². The van der Waals surface area contributed by atoms with Gasteiger partial charge in [-0.1, -0.05) is 13.8 Å². The van der Waals surface area contributed by atoms with Crippen molar-refractivity contribution in [2.75, 3.05) is 14.1 Å². The zero-order valence-corrected chi connectivity index (χ0v) is 10.2. The third-order valence-electron chi connectivity index (χ3n) is 4.31. The third kappa shape index (κ3) is 1.11. The van der Waals surface area contributed by atoms with Crippen molar-refractivity contribution < 1.29 is 4.79 Å². The molecule has 1 aliphatic heterocycles. The SMILES string of the molecule is CCC1(C)C(=O)N(C)C(C)(CC)N1C. The highest BCUT2D eigenvalue weighted by molar-refractivity contribution is 5.88. The van der Waals surface area contributed by atoms with E-state index in [1.54, 1.807) is 0 Å². The van der Waals surface area contributed by atoms with E-state index in [-0.39, 0.29) is 17.1 Å². The largest absolute Gasteiger partial charge is 0.326 e. The predicted octanol–water partition coefficient (Wildman–Crippen LogP) is 1.69. The van der Waals surface area contributed by atoms with Crippen molar-refractivity contribution in [2.45, 2.75) is 51.7 Å². The van der Waals surface area contributed by atoms with E-state index in [0.29, 0.717) is 0 Å². The number of hydrogen-bond acceptors (Lipinski definition) is 2. The maximum Gasteiger partial charge on any atom is 0.244 e. The van der Waals surface area contributed by atoms with E-state index in [1.165, 1.54) is 0 Å². The number of nitrogens with zero attached hydrogens (tertiary/aromatic N) is 2. The molecule has 1 heterocycles. The Hall–Kier alpha value is -0.570. The van der Waals surface area contributed by atoms with Crippen LogP contribution in [0.4, 0.5) is 0 Å².